The molecule has 84 valence electrons. The third-order valence-electron chi connectivity index (χ3n) is 1.88. The fourth-order valence-corrected chi connectivity index (χ4v) is 1.09. The lowest BCUT2D eigenvalue weighted by Gasteiger charge is -1.98. The predicted octanol–water partition coefficient (Wildman–Crippen LogP) is 1.25. The monoisotopic (exact) mass is 212 g/mol. The Hall–Kier alpha value is -1.32. The van der Waals surface area contributed by atoms with Gasteiger partial charge in [0.1, 0.15) is 23.1 Å². The quantitative estimate of drug-likeness (QED) is 0.568. The highest BCUT2D eigenvalue weighted by Crippen LogP contribution is 2.02. The van der Waals surface area contributed by atoms with E-state index in [2.05, 4.69) is 0 Å². The molecule has 15 heavy (non-hydrogen) atoms. The number of hydrogen-bond acceptors (Lipinski definition) is 4. The minimum absolute atomic E-state index is 0.0292. The highest BCUT2D eigenvalue weighted by atomic mass is 16.2. The lowest BCUT2D eigenvalue weighted by atomic mass is 10.0. The third-order valence-corrected chi connectivity index (χ3v) is 1.88. The molecule has 0 atom stereocenters. The average molecular weight is 212 g/mol. The highest BCUT2D eigenvalue weighted by molar-refractivity contribution is 5.99. The van der Waals surface area contributed by atoms with Crippen molar-refractivity contribution in [1.82, 2.24) is 0 Å². The second-order valence-electron chi connectivity index (χ2n) is 3.66. The molecule has 0 amide bonds. The Labute approximate surface area is 89.0 Å². The average Bonchev–Trinajstić information content (AvgIpc) is 2.10. The van der Waals surface area contributed by atoms with Crippen LogP contribution in [0.3, 0.4) is 0 Å². The van der Waals surface area contributed by atoms with Crippen LogP contribution >= 0.6 is 0 Å². The standard InChI is InChI=1S/C11H16O4/c1-8(12)3-4-10(14)5-6-11(15)7-9(2)13/h3-7H2,1-2H3. The summed E-state index contributed by atoms with van der Waals surface area (Å²) < 4.78 is 0. The number of hydrogen-bond donors (Lipinski definition) is 0. The van der Waals surface area contributed by atoms with Crippen molar-refractivity contribution < 1.29 is 19.2 Å². The van der Waals surface area contributed by atoms with Gasteiger partial charge in [0.25, 0.3) is 0 Å². The van der Waals surface area contributed by atoms with Crippen LogP contribution in [0.1, 0.15) is 46.0 Å². The molecule has 0 rings (SSSR count). The molecule has 4 heteroatoms. The first-order chi connectivity index (χ1) is 6.91. The molecule has 0 N–H and O–H groups in total. The van der Waals surface area contributed by atoms with Crippen molar-refractivity contribution >= 4 is 23.1 Å². The van der Waals surface area contributed by atoms with Crippen LogP contribution in [-0.2, 0) is 19.2 Å². The van der Waals surface area contributed by atoms with Crippen molar-refractivity contribution in [1.29, 1.82) is 0 Å². The van der Waals surface area contributed by atoms with Gasteiger partial charge in [-0.1, -0.05) is 0 Å². The molecule has 0 heterocycles. The predicted molar refractivity (Wildman–Crippen MR) is 54.5 cm³/mol. The second kappa shape index (κ2) is 7.04. The van der Waals surface area contributed by atoms with Crippen molar-refractivity contribution in [2.75, 3.05) is 0 Å². The van der Waals surface area contributed by atoms with Crippen LogP contribution in [0.5, 0.6) is 0 Å². The van der Waals surface area contributed by atoms with Crippen molar-refractivity contribution in [3.8, 4) is 0 Å². The zero-order valence-corrected chi connectivity index (χ0v) is 9.17. The van der Waals surface area contributed by atoms with Gasteiger partial charge in [-0.2, -0.15) is 0 Å². The molecular weight excluding hydrogens is 196 g/mol. The summed E-state index contributed by atoms with van der Waals surface area (Å²) in [5, 5.41) is 0. The van der Waals surface area contributed by atoms with Crippen molar-refractivity contribution in [3.63, 3.8) is 0 Å². The van der Waals surface area contributed by atoms with E-state index in [1.165, 1.54) is 13.8 Å². The topological polar surface area (TPSA) is 68.3 Å². The van der Waals surface area contributed by atoms with Gasteiger partial charge in [-0.05, 0) is 13.8 Å². The maximum absolute atomic E-state index is 11.1. The number of rotatable bonds is 8. The lowest BCUT2D eigenvalue weighted by Crippen LogP contribution is -2.08. The normalized spacial score (nSPS) is 9.73. The summed E-state index contributed by atoms with van der Waals surface area (Å²) in [5.41, 5.74) is 0. The van der Waals surface area contributed by atoms with Gasteiger partial charge in [0.05, 0.1) is 6.42 Å². The Balaban J connectivity index is 3.66. The Morgan fingerprint density at radius 3 is 1.60 bits per heavy atom. The van der Waals surface area contributed by atoms with E-state index >= 15 is 0 Å². The van der Waals surface area contributed by atoms with Crippen LogP contribution in [0.25, 0.3) is 0 Å². The van der Waals surface area contributed by atoms with Gasteiger partial charge < -0.3 is 4.79 Å². The largest absolute Gasteiger partial charge is 0.300 e. The molecule has 0 unspecified atom stereocenters. The van der Waals surface area contributed by atoms with Gasteiger partial charge >= 0.3 is 0 Å². The molecule has 0 saturated carbocycles. The van der Waals surface area contributed by atoms with Gasteiger partial charge in [0, 0.05) is 25.7 Å². The first-order valence-electron chi connectivity index (χ1n) is 4.94. The summed E-state index contributed by atoms with van der Waals surface area (Å²) in [5.74, 6) is -0.518. The smallest absolute Gasteiger partial charge is 0.140 e. The zero-order chi connectivity index (χ0) is 11.8. The Morgan fingerprint density at radius 2 is 1.13 bits per heavy atom. The maximum atomic E-state index is 11.1. The van der Waals surface area contributed by atoms with E-state index in [0.717, 1.165) is 0 Å². The van der Waals surface area contributed by atoms with Gasteiger partial charge in [0.2, 0.25) is 0 Å². The molecule has 0 bridgehead atoms. The highest BCUT2D eigenvalue weighted by Gasteiger charge is 2.09. The van der Waals surface area contributed by atoms with Crippen LogP contribution in [0.2, 0.25) is 0 Å². The minimum Gasteiger partial charge on any atom is -0.300 e. The third kappa shape index (κ3) is 9.00. The van der Waals surface area contributed by atoms with E-state index in [9.17, 15) is 19.2 Å². The molecule has 0 saturated heterocycles. The minimum atomic E-state index is -0.210. The summed E-state index contributed by atoms with van der Waals surface area (Å²) in [4.78, 5) is 43.3. The molecule has 0 aliphatic heterocycles. The van der Waals surface area contributed by atoms with Crippen molar-refractivity contribution in [3.05, 3.63) is 0 Å². The second-order valence-corrected chi connectivity index (χ2v) is 3.66. The lowest BCUT2D eigenvalue weighted by molar-refractivity contribution is -0.128. The summed E-state index contributed by atoms with van der Waals surface area (Å²) >= 11 is 0. The number of carbonyl (C=O) groups is 4. The number of ketones is 4. The Morgan fingerprint density at radius 1 is 0.667 bits per heavy atom. The Kier molecular flexibility index (Phi) is 6.42. The van der Waals surface area contributed by atoms with E-state index < -0.39 is 0 Å². The van der Waals surface area contributed by atoms with Crippen molar-refractivity contribution in [2.24, 2.45) is 0 Å². The van der Waals surface area contributed by atoms with E-state index in [4.69, 9.17) is 0 Å². The maximum Gasteiger partial charge on any atom is 0.140 e. The van der Waals surface area contributed by atoms with Gasteiger partial charge in [-0.3, -0.25) is 14.4 Å². The molecule has 0 aromatic rings. The molecule has 0 fully saturated rings. The molecule has 0 aliphatic rings. The number of Topliss-reactive ketones (excluding diaryl/α,β-unsaturated/α-hetero) is 4. The first kappa shape index (κ1) is 13.7. The van der Waals surface area contributed by atoms with E-state index in [1.807, 2.05) is 0 Å². The zero-order valence-electron chi connectivity index (χ0n) is 9.17. The van der Waals surface area contributed by atoms with Crippen molar-refractivity contribution in [2.45, 2.75) is 46.0 Å². The molecule has 0 aromatic heterocycles. The fraction of sp³-hybridized carbons (Fsp3) is 0.636. The summed E-state index contributed by atoms with van der Waals surface area (Å²) in [7, 11) is 0. The summed E-state index contributed by atoms with van der Waals surface area (Å²) in [6.45, 7) is 2.77. The summed E-state index contributed by atoms with van der Waals surface area (Å²) in [6, 6.07) is 0. The van der Waals surface area contributed by atoms with Crippen LogP contribution < -0.4 is 0 Å². The van der Waals surface area contributed by atoms with Crippen LogP contribution in [-0.4, -0.2) is 23.1 Å². The van der Waals surface area contributed by atoms with Crippen LogP contribution in [0, 0.1) is 0 Å². The van der Waals surface area contributed by atoms with Crippen LogP contribution in [0.15, 0.2) is 0 Å². The molecular formula is C11H16O4. The first-order valence-corrected chi connectivity index (χ1v) is 4.94. The molecule has 0 aliphatic carbocycles. The SMILES string of the molecule is CC(=O)CCC(=O)CCC(=O)CC(C)=O. The molecule has 0 radical (unpaired) electrons. The van der Waals surface area contributed by atoms with Gasteiger partial charge in [0.15, 0.2) is 0 Å². The Bertz CT molecular complexity index is 278. The van der Waals surface area contributed by atoms with Gasteiger partial charge in [-0.25, -0.2) is 0 Å². The molecule has 0 spiro atoms. The molecule has 4 nitrogen and oxygen atoms in total. The van der Waals surface area contributed by atoms with E-state index in [1.54, 1.807) is 0 Å². The van der Waals surface area contributed by atoms with E-state index in [0.29, 0.717) is 0 Å². The summed E-state index contributed by atoms with van der Waals surface area (Å²) in [6.07, 6.45) is 0.581. The van der Waals surface area contributed by atoms with Crippen LogP contribution in [0.4, 0.5) is 0 Å². The van der Waals surface area contributed by atoms with Gasteiger partial charge in [-0.15, -0.1) is 0 Å². The fourth-order valence-electron chi connectivity index (χ4n) is 1.09. The number of carbonyl (C=O) groups excluding carboxylic acids is 4. The molecule has 0 aromatic carbocycles. The van der Waals surface area contributed by atoms with E-state index in [-0.39, 0.29) is 55.2 Å².